The Labute approximate surface area is 126 Å². The van der Waals surface area contributed by atoms with Crippen LogP contribution in [0.1, 0.15) is 24.8 Å². The van der Waals surface area contributed by atoms with E-state index in [2.05, 4.69) is 5.32 Å². The van der Waals surface area contributed by atoms with E-state index in [4.69, 9.17) is 10.5 Å². The third-order valence-electron chi connectivity index (χ3n) is 3.60. The summed E-state index contributed by atoms with van der Waals surface area (Å²) in [7, 11) is 0. The van der Waals surface area contributed by atoms with Gasteiger partial charge in [-0.1, -0.05) is 18.2 Å². The number of rotatable bonds is 5. The number of carbonyl (C=O) groups is 1. The quantitative estimate of drug-likeness (QED) is 0.818. The fourth-order valence-corrected chi connectivity index (χ4v) is 2.45. The van der Waals surface area contributed by atoms with E-state index in [0.717, 1.165) is 30.6 Å². The van der Waals surface area contributed by atoms with Crippen molar-refractivity contribution in [3.63, 3.8) is 0 Å². The van der Waals surface area contributed by atoms with E-state index < -0.39 is 0 Å². The number of benzene rings is 1. The van der Waals surface area contributed by atoms with Crippen LogP contribution in [0.25, 0.3) is 0 Å². The fourth-order valence-electron chi connectivity index (χ4n) is 2.45. The van der Waals surface area contributed by atoms with Gasteiger partial charge in [-0.05, 0) is 37.8 Å². The number of aryl methyl sites for hydroxylation is 1. The second kappa shape index (κ2) is 8.12. The summed E-state index contributed by atoms with van der Waals surface area (Å²) in [5, 5.41) is 2.92. The van der Waals surface area contributed by atoms with Crippen LogP contribution in [0.3, 0.4) is 0 Å². The van der Waals surface area contributed by atoms with Crippen LogP contribution in [0.15, 0.2) is 24.3 Å². The van der Waals surface area contributed by atoms with Gasteiger partial charge in [0.05, 0.1) is 6.54 Å². The van der Waals surface area contributed by atoms with Gasteiger partial charge in [-0.3, -0.25) is 4.79 Å². The Morgan fingerprint density at radius 2 is 2.15 bits per heavy atom. The van der Waals surface area contributed by atoms with Gasteiger partial charge in [0.2, 0.25) is 5.91 Å². The first kappa shape index (κ1) is 16.8. The highest BCUT2D eigenvalue weighted by atomic mass is 35.5. The molecule has 2 unspecified atom stereocenters. The molecule has 2 atom stereocenters. The highest BCUT2D eigenvalue weighted by Crippen LogP contribution is 2.23. The van der Waals surface area contributed by atoms with E-state index in [1.54, 1.807) is 0 Å². The molecule has 1 aromatic rings. The Morgan fingerprint density at radius 1 is 1.40 bits per heavy atom. The predicted molar refractivity (Wildman–Crippen MR) is 82.2 cm³/mol. The molecule has 1 saturated carbocycles. The van der Waals surface area contributed by atoms with Gasteiger partial charge in [-0.2, -0.15) is 0 Å². The zero-order chi connectivity index (χ0) is 13.7. The van der Waals surface area contributed by atoms with Gasteiger partial charge in [-0.15, -0.1) is 12.4 Å². The van der Waals surface area contributed by atoms with E-state index in [1.165, 1.54) is 0 Å². The summed E-state index contributed by atoms with van der Waals surface area (Å²) >= 11 is 0. The Morgan fingerprint density at radius 3 is 2.80 bits per heavy atom. The summed E-state index contributed by atoms with van der Waals surface area (Å²) in [6.45, 7) is 3.04. The molecule has 3 N–H and O–H groups in total. The lowest BCUT2D eigenvalue weighted by molar-refractivity contribution is -0.124. The summed E-state index contributed by atoms with van der Waals surface area (Å²) in [6.07, 6.45) is 2.67. The molecule has 0 saturated heterocycles. The molecule has 1 aromatic carbocycles. The Bertz CT molecular complexity index is 440. The van der Waals surface area contributed by atoms with Gasteiger partial charge in [-0.25, -0.2) is 0 Å². The number of nitrogens with two attached hydrogens (primary N) is 1. The maximum Gasteiger partial charge on any atom is 0.223 e. The van der Waals surface area contributed by atoms with Crippen molar-refractivity contribution in [2.75, 3.05) is 13.2 Å². The molecule has 0 radical (unpaired) electrons. The molecule has 20 heavy (non-hydrogen) atoms. The van der Waals surface area contributed by atoms with E-state index in [1.807, 2.05) is 31.2 Å². The largest absolute Gasteiger partial charge is 0.491 e. The third kappa shape index (κ3) is 4.69. The first-order valence-electron chi connectivity index (χ1n) is 6.88. The molecule has 0 heterocycles. The van der Waals surface area contributed by atoms with Crippen molar-refractivity contribution in [2.45, 2.75) is 32.2 Å². The minimum absolute atomic E-state index is 0. The number of nitrogens with one attached hydrogen (secondary N) is 1. The number of halogens is 1. The molecule has 0 aromatic heterocycles. The van der Waals surface area contributed by atoms with Crippen molar-refractivity contribution < 1.29 is 9.53 Å². The summed E-state index contributed by atoms with van der Waals surface area (Å²) in [5.74, 6) is 1.08. The van der Waals surface area contributed by atoms with Crippen molar-refractivity contribution in [3.05, 3.63) is 29.8 Å². The maximum absolute atomic E-state index is 11.8. The standard InChI is InChI=1S/C15H22N2O2.ClH/c1-11-4-2-3-5-14(11)19-9-8-17-15(18)12-6-7-13(16)10-12;/h2-5,12-13H,6-10,16H2,1H3,(H,17,18);1H. The van der Waals surface area contributed by atoms with Crippen molar-refractivity contribution in [2.24, 2.45) is 11.7 Å². The Kier molecular flexibility index (Phi) is 6.82. The van der Waals surface area contributed by atoms with Crippen molar-refractivity contribution in [1.82, 2.24) is 5.32 Å². The van der Waals surface area contributed by atoms with Crippen LogP contribution in [0.2, 0.25) is 0 Å². The van der Waals surface area contributed by atoms with Gasteiger partial charge in [0, 0.05) is 12.0 Å². The smallest absolute Gasteiger partial charge is 0.223 e. The second-order valence-corrected chi connectivity index (χ2v) is 5.18. The SMILES string of the molecule is Cc1ccccc1OCCNC(=O)C1CCC(N)C1.Cl. The molecule has 1 aliphatic rings. The molecule has 1 amide bonds. The first-order chi connectivity index (χ1) is 9.16. The molecule has 5 heteroatoms. The molecule has 112 valence electrons. The number of para-hydroxylation sites is 1. The molecule has 0 spiro atoms. The molecule has 0 bridgehead atoms. The van der Waals surface area contributed by atoms with Crippen molar-refractivity contribution >= 4 is 18.3 Å². The van der Waals surface area contributed by atoms with Crippen molar-refractivity contribution in [3.8, 4) is 5.75 Å². The van der Waals surface area contributed by atoms with Crippen LogP contribution in [0.4, 0.5) is 0 Å². The van der Waals surface area contributed by atoms with Crippen LogP contribution in [-0.4, -0.2) is 25.1 Å². The molecule has 1 aliphatic carbocycles. The van der Waals surface area contributed by atoms with Crippen LogP contribution < -0.4 is 15.8 Å². The normalized spacial score (nSPS) is 21.1. The zero-order valence-electron chi connectivity index (χ0n) is 11.8. The summed E-state index contributed by atoms with van der Waals surface area (Å²) in [6, 6.07) is 8.06. The van der Waals surface area contributed by atoms with Crippen LogP contribution >= 0.6 is 12.4 Å². The summed E-state index contributed by atoms with van der Waals surface area (Å²) < 4.78 is 5.63. The number of ether oxygens (including phenoxy) is 1. The lowest BCUT2D eigenvalue weighted by Gasteiger charge is -2.12. The maximum atomic E-state index is 11.8. The molecule has 2 rings (SSSR count). The molecular formula is C15H23ClN2O2. The van der Waals surface area contributed by atoms with Crippen LogP contribution in [0.5, 0.6) is 5.75 Å². The van der Waals surface area contributed by atoms with Gasteiger partial charge in [0.25, 0.3) is 0 Å². The minimum atomic E-state index is 0. The van der Waals surface area contributed by atoms with Gasteiger partial charge < -0.3 is 15.8 Å². The topological polar surface area (TPSA) is 64.3 Å². The molecule has 1 fully saturated rings. The van der Waals surface area contributed by atoms with Gasteiger partial charge >= 0.3 is 0 Å². The number of hydrogen-bond donors (Lipinski definition) is 2. The average molecular weight is 299 g/mol. The Balaban J connectivity index is 0.00000200. The lowest BCUT2D eigenvalue weighted by atomic mass is 10.1. The predicted octanol–water partition coefficient (Wildman–Crippen LogP) is 2.04. The number of carbonyl (C=O) groups excluding carboxylic acids is 1. The summed E-state index contributed by atoms with van der Waals surface area (Å²) in [4.78, 5) is 11.8. The number of amides is 1. The fraction of sp³-hybridized carbons (Fsp3) is 0.533. The monoisotopic (exact) mass is 298 g/mol. The van der Waals surface area contributed by atoms with Gasteiger partial charge in [0.15, 0.2) is 0 Å². The number of hydrogen-bond acceptors (Lipinski definition) is 3. The highest BCUT2D eigenvalue weighted by Gasteiger charge is 2.27. The third-order valence-corrected chi connectivity index (χ3v) is 3.60. The molecule has 0 aliphatic heterocycles. The van der Waals surface area contributed by atoms with Crippen LogP contribution in [0, 0.1) is 12.8 Å². The first-order valence-corrected chi connectivity index (χ1v) is 6.88. The average Bonchev–Trinajstić information content (AvgIpc) is 2.83. The zero-order valence-corrected chi connectivity index (χ0v) is 12.6. The van der Waals surface area contributed by atoms with Crippen molar-refractivity contribution in [1.29, 1.82) is 0 Å². The second-order valence-electron chi connectivity index (χ2n) is 5.18. The van der Waals surface area contributed by atoms with E-state index in [0.29, 0.717) is 13.2 Å². The highest BCUT2D eigenvalue weighted by molar-refractivity contribution is 5.85. The molecular weight excluding hydrogens is 276 g/mol. The summed E-state index contributed by atoms with van der Waals surface area (Å²) in [5.41, 5.74) is 6.91. The van der Waals surface area contributed by atoms with E-state index >= 15 is 0 Å². The minimum Gasteiger partial charge on any atom is -0.491 e. The van der Waals surface area contributed by atoms with Crippen LogP contribution in [-0.2, 0) is 4.79 Å². The molecule has 4 nitrogen and oxygen atoms in total. The Hall–Kier alpha value is -1.26. The van der Waals surface area contributed by atoms with Gasteiger partial charge in [0.1, 0.15) is 12.4 Å². The van der Waals surface area contributed by atoms with E-state index in [9.17, 15) is 4.79 Å². The lowest BCUT2D eigenvalue weighted by Crippen LogP contribution is -2.33. The van der Waals surface area contributed by atoms with E-state index in [-0.39, 0.29) is 30.3 Å².